The van der Waals surface area contributed by atoms with E-state index in [0.29, 0.717) is 23.9 Å². The van der Waals surface area contributed by atoms with Gasteiger partial charge < -0.3 is 10.2 Å². The van der Waals surface area contributed by atoms with Gasteiger partial charge in [-0.25, -0.2) is 0 Å². The molecule has 1 aromatic rings. The van der Waals surface area contributed by atoms with Gasteiger partial charge in [-0.15, -0.1) is 0 Å². The summed E-state index contributed by atoms with van der Waals surface area (Å²) in [5, 5.41) is 4.54. The molecule has 20 heavy (non-hydrogen) atoms. The quantitative estimate of drug-likeness (QED) is 0.902. The topological polar surface area (TPSA) is 15.3 Å². The van der Waals surface area contributed by atoms with Crippen LogP contribution in [0.25, 0.3) is 0 Å². The van der Waals surface area contributed by atoms with E-state index in [2.05, 4.69) is 57.0 Å². The van der Waals surface area contributed by atoms with Gasteiger partial charge in [0, 0.05) is 35.9 Å². The third kappa shape index (κ3) is 3.29. The molecule has 1 aliphatic rings. The van der Waals surface area contributed by atoms with E-state index in [1.807, 2.05) is 6.07 Å². The van der Waals surface area contributed by atoms with Crippen LogP contribution < -0.4 is 10.2 Å². The van der Waals surface area contributed by atoms with Crippen molar-refractivity contribution in [3.63, 3.8) is 0 Å². The average Bonchev–Trinajstić information content (AvgIpc) is 2.40. The molecule has 0 aliphatic carbocycles. The Morgan fingerprint density at radius 2 is 1.90 bits per heavy atom. The molecule has 0 aromatic heterocycles. The molecule has 2 nitrogen and oxygen atoms in total. The van der Waals surface area contributed by atoms with Crippen LogP contribution in [0, 0.1) is 18.8 Å². The lowest BCUT2D eigenvalue weighted by Crippen LogP contribution is -2.60. The molecule has 2 unspecified atom stereocenters. The molecular formula is C17H27ClN2. The van der Waals surface area contributed by atoms with Crippen molar-refractivity contribution in [3.8, 4) is 0 Å². The van der Waals surface area contributed by atoms with Gasteiger partial charge in [0.25, 0.3) is 0 Å². The summed E-state index contributed by atoms with van der Waals surface area (Å²) in [6, 6.07) is 7.30. The lowest BCUT2D eigenvalue weighted by Gasteiger charge is -2.45. The van der Waals surface area contributed by atoms with Crippen LogP contribution in [-0.2, 0) is 0 Å². The second kappa shape index (κ2) is 6.36. The van der Waals surface area contributed by atoms with Gasteiger partial charge in [0.05, 0.1) is 0 Å². The molecule has 3 heteroatoms. The molecule has 1 fully saturated rings. The average molecular weight is 295 g/mol. The molecule has 112 valence electrons. The number of halogens is 1. The molecule has 1 heterocycles. The first kappa shape index (κ1) is 15.7. The number of rotatable bonds is 3. The van der Waals surface area contributed by atoms with Crippen molar-refractivity contribution in [1.82, 2.24) is 5.32 Å². The van der Waals surface area contributed by atoms with E-state index in [4.69, 9.17) is 11.6 Å². The highest BCUT2D eigenvalue weighted by Crippen LogP contribution is 2.30. The van der Waals surface area contributed by atoms with Crippen LogP contribution in [0.3, 0.4) is 0 Å². The second-order valence-corrected chi connectivity index (χ2v) is 7.09. The van der Waals surface area contributed by atoms with Gasteiger partial charge in [-0.2, -0.15) is 0 Å². The minimum absolute atomic E-state index is 0.530. The van der Waals surface area contributed by atoms with E-state index in [-0.39, 0.29) is 0 Å². The third-order valence-corrected chi connectivity index (χ3v) is 4.67. The van der Waals surface area contributed by atoms with Crippen molar-refractivity contribution in [2.75, 3.05) is 18.0 Å². The molecule has 0 bridgehead atoms. The van der Waals surface area contributed by atoms with Crippen LogP contribution in [0.2, 0.25) is 5.02 Å². The molecule has 1 N–H and O–H groups in total. The Morgan fingerprint density at radius 1 is 1.20 bits per heavy atom. The number of nitrogens with zero attached hydrogens (tertiary/aromatic N) is 1. The summed E-state index contributed by atoms with van der Waals surface area (Å²) < 4.78 is 0. The minimum atomic E-state index is 0.530. The van der Waals surface area contributed by atoms with Crippen LogP contribution in [-0.4, -0.2) is 25.2 Å². The van der Waals surface area contributed by atoms with Gasteiger partial charge in [-0.05, 0) is 36.5 Å². The third-order valence-electron chi connectivity index (χ3n) is 4.44. The molecule has 1 aliphatic heterocycles. The fraction of sp³-hybridized carbons (Fsp3) is 0.647. The highest BCUT2D eigenvalue weighted by Gasteiger charge is 2.31. The van der Waals surface area contributed by atoms with Crippen molar-refractivity contribution >= 4 is 17.3 Å². The number of piperazine rings is 1. The fourth-order valence-corrected chi connectivity index (χ4v) is 3.17. The summed E-state index contributed by atoms with van der Waals surface area (Å²) in [6.07, 6.45) is 0. The van der Waals surface area contributed by atoms with Gasteiger partial charge >= 0.3 is 0 Å². The summed E-state index contributed by atoms with van der Waals surface area (Å²) >= 11 is 6.22. The maximum Gasteiger partial charge on any atom is 0.0438 e. The summed E-state index contributed by atoms with van der Waals surface area (Å²) in [6.45, 7) is 13.5. The number of anilines is 1. The normalized spacial score (nSPS) is 23.7. The molecule has 0 saturated carbocycles. The van der Waals surface area contributed by atoms with Gasteiger partial charge in [0.1, 0.15) is 0 Å². The Bertz CT molecular complexity index is 456. The zero-order chi connectivity index (χ0) is 14.9. The number of benzene rings is 1. The van der Waals surface area contributed by atoms with E-state index in [0.717, 1.165) is 18.1 Å². The van der Waals surface area contributed by atoms with E-state index < -0.39 is 0 Å². The highest BCUT2D eigenvalue weighted by atomic mass is 35.5. The zero-order valence-electron chi connectivity index (χ0n) is 13.3. The Hall–Kier alpha value is -0.730. The molecule has 1 aromatic carbocycles. The lowest BCUT2D eigenvalue weighted by molar-refractivity contribution is 0.295. The predicted molar refractivity (Wildman–Crippen MR) is 88.8 cm³/mol. The molecule has 0 radical (unpaired) electrons. The smallest absolute Gasteiger partial charge is 0.0438 e. The van der Waals surface area contributed by atoms with Gasteiger partial charge in [0.2, 0.25) is 0 Å². The Kier molecular flexibility index (Phi) is 4.98. The zero-order valence-corrected chi connectivity index (χ0v) is 14.0. The SMILES string of the molecule is Cc1ccc(Cl)cc1N1CC(C(C)C)NCC1C(C)C. The van der Waals surface area contributed by atoms with Gasteiger partial charge in [-0.3, -0.25) is 0 Å². The molecular weight excluding hydrogens is 268 g/mol. The van der Waals surface area contributed by atoms with Crippen molar-refractivity contribution in [2.24, 2.45) is 11.8 Å². The van der Waals surface area contributed by atoms with Crippen molar-refractivity contribution in [3.05, 3.63) is 28.8 Å². The Morgan fingerprint density at radius 3 is 2.50 bits per heavy atom. The van der Waals surface area contributed by atoms with E-state index in [1.54, 1.807) is 0 Å². The first-order valence-electron chi connectivity index (χ1n) is 7.66. The monoisotopic (exact) mass is 294 g/mol. The Labute approximate surface area is 128 Å². The van der Waals surface area contributed by atoms with Crippen molar-refractivity contribution in [2.45, 2.75) is 46.7 Å². The molecule has 2 rings (SSSR count). The van der Waals surface area contributed by atoms with Crippen molar-refractivity contribution in [1.29, 1.82) is 0 Å². The van der Waals surface area contributed by atoms with Crippen LogP contribution >= 0.6 is 11.6 Å². The largest absolute Gasteiger partial charge is 0.365 e. The minimum Gasteiger partial charge on any atom is -0.365 e. The standard InChI is InChI=1S/C17H27ClN2/c1-11(2)15-10-20(17(9-19-15)12(3)4)16-8-14(18)7-6-13(16)5/h6-8,11-12,15,17,19H,9-10H2,1-5H3. The summed E-state index contributed by atoms with van der Waals surface area (Å²) in [5.41, 5.74) is 2.60. The molecule has 1 saturated heterocycles. The first-order chi connectivity index (χ1) is 9.40. The molecule has 0 amide bonds. The number of hydrogen-bond donors (Lipinski definition) is 1. The van der Waals surface area contributed by atoms with Crippen molar-refractivity contribution < 1.29 is 0 Å². The lowest BCUT2D eigenvalue weighted by atomic mass is 9.93. The fourth-order valence-electron chi connectivity index (χ4n) is 3.01. The highest BCUT2D eigenvalue weighted by molar-refractivity contribution is 6.30. The summed E-state index contributed by atoms with van der Waals surface area (Å²) in [5.74, 6) is 1.26. The maximum absolute atomic E-state index is 6.22. The van der Waals surface area contributed by atoms with Crippen LogP contribution in [0.5, 0.6) is 0 Å². The van der Waals surface area contributed by atoms with E-state index >= 15 is 0 Å². The van der Waals surface area contributed by atoms with Gasteiger partial charge in [0.15, 0.2) is 0 Å². The summed E-state index contributed by atoms with van der Waals surface area (Å²) in [7, 11) is 0. The first-order valence-corrected chi connectivity index (χ1v) is 8.04. The predicted octanol–water partition coefficient (Wildman–Crippen LogP) is 4.11. The second-order valence-electron chi connectivity index (χ2n) is 6.65. The maximum atomic E-state index is 6.22. The molecule has 0 spiro atoms. The van der Waals surface area contributed by atoms with Crippen LogP contribution in [0.1, 0.15) is 33.3 Å². The van der Waals surface area contributed by atoms with Gasteiger partial charge in [-0.1, -0.05) is 45.4 Å². The number of aryl methyl sites for hydroxylation is 1. The summed E-state index contributed by atoms with van der Waals surface area (Å²) in [4.78, 5) is 2.56. The molecule has 2 atom stereocenters. The Balaban J connectivity index is 2.33. The number of nitrogens with one attached hydrogen (secondary N) is 1. The van der Waals surface area contributed by atoms with Crippen LogP contribution in [0.4, 0.5) is 5.69 Å². The van der Waals surface area contributed by atoms with Crippen LogP contribution in [0.15, 0.2) is 18.2 Å². The number of hydrogen-bond acceptors (Lipinski definition) is 2. The van der Waals surface area contributed by atoms with E-state index in [9.17, 15) is 0 Å². The van der Waals surface area contributed by atoms with E-state index in [1.165, 1.54) is 11.3 Å².